The molecular formula is C10H12N4O5S. The SMILES string of the molecule is Nc1ccc([N+](=O)[O-])cc1S(=O)(=O)N1CCNC(=O)C1. The van der Waals surface area contributed by atoms with Gasteiger partial charge in [0.15, 0.2) is 0 Å². The number of sulfonamides is 1. The fourth-order valence-corrected chi connectivity index (χ4v) is 3.35. The molecule has 0 spiro atoms. The summed E-state index contributed by atoms with van der Waals surface area (Å²) in [6.45, 7) is -0.0481. The van der Waals surface area contributed by atoms with Crippen molar-refractivity contribution in [3.8, 4) is 0 Å². The number of hydrogen-bond donors (Lipinski definition) is 2. The number of rotatable bonds is 3. The first-order chi connectivity index (χ1) is 9.32. The maximum absolute atomic E-state index is 12.4. The highest BCUT2D eigenvalue weighted by molar-refractivity contribution is 7.89. The molecule has 0 saturated carbocycles. The summed E-state index contributed by atoms with van der Waals surface area (Å²) in [5.74, 6) is -0.427. The molecule has 0 bridgehead atoms. The molecule has 1 aliphatic heterocycles. The molecule has 3 N–H and O–H groups in total. The lowest BCUT2D eigenvalue weighted by atomic mass is 10.3. The van der Waals surface area contributed by atoms with Crippen LogP contribution in [0.1, 0.15) is 0 Å². The topological polar surface area (TPSA) is 136 Å². The van der Waals surface area contributed by atoms with Crippen LogP contribution in [-0.4, -0.2) is 43.2 Å². The van der Waals surface area contributed by atoms with Gasteiger partial charge in [-0.2, -0.15) is 4.31 Å². The van der Waals surface area contributed by atoms with Gasteiger partial charge in [0, 0.05) is 25.2 Å². The number of piperazine rings is 1. The van der Waals surface area contributed by atoms with E-state index in [0.29, 0.717) is 0 Å². The molecule has 1 aromatic rings. The number of nitrogen functional groups attached to an aromatic ring is 1. The predicted molar refractivity (Wildman–Crippen MR) is 69.3 cm³/mol. The zero-order valence-corrected chi connectivity index (χ0v) is 11.1. The minimum Gasteiger partial charge on any atom is -0.398 e. The van der Waals surface area contributed by atoms with Crippen molar-refractivity contribution in [2.45, 2.75) is 4.90 Å². The summed E-state index contributed by atoms with van der Waals surface area (Å²) in [6, 6.07) is 3.18. The van der Waals surface area contributed by atoms with Crippen LogP contribution in [0.5, 0.6) is 0 Å². The van der Waals surface area contributed by atoms with E-state index in [0.717, 1.165) is 22.5 Å². The Labute approximate surface area is 114 Å². The Morgan fingerprint density at radius 2 is 2.10 bits per heavy atom. The van der Waals surface area contributed by atoms with Gasteiger partial charge in [-0.1, -0.05) is 0 Å². The number of carbonyl (C=O) groups excluding carboxylic acids is 1. The summed E-state index contributed by atoms with van der Waals surface area (Å²) in [5.41, 5.74) is 5.12. The van der Waals surface area contributed by atoms with Gasteiger partial charge in [-0.05, 0) is 6.07 Å². The monoisotopic (exact) mass is 300 g/mol. The Balaban J connectivity index is 2.45. The van der Waals surface area contributed by atoms with Crippen LogP contribution in [0.4, 0.5) is 11.4 Å². The van der Waals surface area contributed by atoms with Crippen LogP contribution < -0.4 is 11.1 Å². The van der Waals surface area contributed by atoms with Crippen LogP contribution in [0.25, 0.3) is 0 Å². The van der Waals surface area contributed by atoms with Crippen molar-refractivity contribution in [2.75, 3.05) is 25.4 Å². The molecule has 2 rings (SSSR count). The van der Waals surface area contributed by atoms with Crippen LogP contribution in [-0.2, 0) is 14.8 Å². The minimum atomic E-state index is -4.04. The molecule has 108 valence electrons. The summed E-state index contributed by atoms with van der Waals surface area (Å²) in [5, 5.41) is 13.2. The van der Waals surface area contributed by atoms with Gasteiger partial charge in [0.05, 0.1) is 17.2 Å². The second-order valence-corrected chi connectivity index (χ2v) is 6.07. The molecule has 0 unspecified atom stereocenters. The molecule has 0 atom stereocenters. The maximum Gasteiger partial charge on any atom is 0.270 e. The summed E-state index contributed by atoms with van der Waals surface area (Å²) in [4.78, 5) is 20.9. The molecule has 0 radical (unpaired) electrons. The van der Waals surface area contributed by atoms with E-state index in [1.165, 1.54) is 0 Å². The lowest BCUT2D eigenvalue weighted by Gasteiger charge is -2.26. The van der Waals surface area contributed by atoms with Gasteiger partial charge in [-0.3, -0.25) is 14.9 Å². The molecule has 10 heteroatoms. The molecular weight excluding hydrogens is 288 g/mol. The summed E-state index contributed by atoms with van der Waals surface area (Å²) in [7, 11) is -4.04. The fraction of sp³-hybridized carbons (Fsp3) is 0.300. The number of amides is 1. The van der Waals surface area contributed by atoms with Gasteiger partial charge in [-0.25, -0.2) is 8.42 Å². The number of hydrogen-bond acceptors (Lipinski definition) is 6. The molecule has 1 aliphatic rings. The second-order valence-electron chi connectivity index (χ2n) is 4.17. The molecule has 9 nitrogen and oxygen atoms in total. The van der Waals surface area contributed by atoms with Crippen LogP contribution in [0.2, 0.25) is 0 Å². The number of nitrogens with one attached hydrogen (secondary N) is 1. The minimum absolute atomic E-state index is 0.0935. The van der Waals surface area contributed by atoms with E-state index >= 15 is 0 Å². The number of carbonyl (C=O) groups is 1. The van der Waals surface area contributed by atoms with E-state index in [4.69, 9.17) is 5.73 Å². The Morgan fingerprint density at radius 3 is 2.70 bits per heavy atom. The van der Waals surface area contributed by atoms with Crippen molar-refractivity contribution in [1.82, 2.24) is 9.62 Å². The van der Waals surface area contributed by atoms with E-state index in [1.54, 1.807) is 0 Å². The lowest BCUT2D eigenvalue weighted by molar-refractivity contribution is -0.385. The third-order valence-electron chi connectivity index (χ3n) is 2.83. The number of benzene rings is 1. The molecule has 1 saturated heterocycles. The Kier molecular flexibility index (Phi) is 3.59. The summed E-state index contributed by atoms with van der Waals surface area (Å²) in [6.07, 6.45) is 0. The first-order valence-corrected chi connectivity index (χ1v) is 7.07. The zero-order chi connectivity index (χ0) is 14.9. The van der Waals surface area contributed by atoms with Crippen molar-refractivity contribution in [3.05, 3.63) is 28.3 Å². The van der Waals surface area contributed by atoms with Gasteiger partial charge in [0.2, 0.25) is 15.9 Å². The normalized spacial score (nSPS) is 16.7. The Hall–Kier alpha value is -2.20. The molecule has 20 heavy (non-hydrogen) atoms. The van der Waals surface area contributed by atoms with Gasteiger partial charge < -0.3 is 11.1 Å². The standard InChI is InChI=1S/C10H12N4O5S/c11-8-2-1-7(14(16)17)5-9(8)20(18,19)13-4-3-12-10(15)6-13/h1-2,5H,3-4,6,11H2,(H,12,15). The number of nitrogens with zero attached hydrogens (tertiary/aromatic N) is 2. The lowest BCUT2D eigenvalue weighted by Crippen LogP contribution is -2.49. The maximum atomic E-state index is 12.4. The van der Waals surface area contributed by atoms with Crippen molar-refractivity contribution >= 4 is 27.3 Å². The molecule has 1 heterocycles. The Bertz CT molecular complexity index is 672. The highest BCUT2D eigenvalue weighted by Gasteiger charge is 2.31. The smallest absolute Gasteiger partial charge is 0.270 e. The van der Waals surface area contributed by atoms with Crippen LogP contribution in [0.3, 0.4) is 0 Å². The average molecular weight is 300 g/mol. The van der Waals surface area contributed by atoms with Crippen LogP contribution in [0, 0.1) is 10.1 Å². The van der Waals surface area contributed by atoms with E-state index in [-0.39, 0.29) is 35.9 Å². The third kappa shape index (κ3) is 2.56. The Morgan fingerprint density at radius 1 is 1.40 bits per heavy atom. The van der Waals surface area contributed by atoms with Crippen LogP contribution in [0.15, 0.2) is 23.1 Å². The largest absolute Gasteiger partial charge is 0.398 e. The average Bonchev–Trinajstić information content (AvgIpc) is 2.38. The molecule has 1 amide bonds. The molecule has 0 aromatic heterocycles. The van der Waals surface area contributed by atoms with Gasteiger partial charge >= 0.3 is 0 Å². The summed E-state index contributed by atoms with van der Waals surface area (Å²) < 4.78 is 25.7. The number of nitro benzene ring substituents is 1. The van der Waals surface area contributed by atoms with E-state index in [2.05, 4.69) is 5.32 Å². The van der Waals surface area contributed by atoms with Crippen molar-refractivity contribution in [2.24, 2.45) is 0 Å². The number of non-ortho nitro benzene ring substituents is 1. The van der Waals surface area contributed by atoms with Crippen LogP contribution >= 0.6 is 0 Å². The van der Waals surface area contributed by atoms with E-state index in [1.807, 2.05) is 0 Å². The van der Waals surface area contributed by atoms with E-state index in [9.17, 15) is 23.3 Å². The first-order valence-electron chi connectivity index (χ1n) is 5.63. The highest BCUT2D eigenvalue weighted by Crippen LogP contribution is 2.27. The van der Waals surface area contributed by atoms with Crippen molar-refractivity contribution in [3.63, 3.8) is 0 Å². The summed E-state index contributed by atoms with van der Waals surface area (Å²) >= 11 is 0. The van der Waals surface area contributed by atoms with Crippen molar-refractivity contribution < 1.29 is 18.1 Å². The van der Waals surface area contributed by atoms with Gasteiger partial charge in [0.1, 0.15) is 4.90 Å². The second kappa shape index (κ2) is 5.06. The first kappa shape index (κ1) is 14.2. The number of anilines is 1. The number of nitrogens with two attached hydrogens (primary N) is 1. The van der Waals surface area contributed by atoms with Gasteiger partial charge in [-0.15, -0.1) is 0 Å². The fourth-order valence-electron chi connectivity index (χ4n) is 1.82. The molecule has 1 fully saturated rings. The molecule has 1 aromatic carbocycles. The van der Waals surface area contributed by atoms with Crippen molar-refractivity contribution in [1.29, 1.82) is 0 Å². The molecule has 0 aliphatic carbocycles. The highest BCUT2D eigenvalue weighted by atomic mass is 32.2. The van der Waals surface area contributed by atoms with Gasteiger partial charge in [0.25, 0.3) is 5.69 Å². The third-order valence-corrected chi connectivity index (χ3v) is 4.73. The zero-order valence-electron chi connectivity index (χ0n) is 10.3. The number of nitro groups is 1. The quantitative estimate of drug-likeness (QED) is 0.430. The van der Waals surface area contributed by atoms with E-state index < -0.39 is 20.9 Å². The predicted octanol–water partition coefficient (Wildman–Crippen LogP) is -0.703.